The summed E-state index contributed by atoms with van der Waals surface area (Å²) >= 11 is 0. The molecular weight excluding hydrogens is 230 g/mol. The summed E-state index contributed by atoms with van der Waals surface area (Å²) in [5.74, 6) is 1.71. The SMILES string of the molecule is COC(C)(C)CCNCc1cccc2c1OCO2. The maximum Gasteiger partial charge on any atom is 0.231 e. The van der Waals surface area contributed by atoms with E-state index in [1.807, 2.05) is 12.1 Å². The van der Waals surface area contributed by atoms with Gasteiger partial charge in [-0.3, -0.25) is 0 Å². The molecule has 0 radical (unpaired) electrons. The Kier molecular flexibility index (Phi) is 4.09. The fourth-order valence-electron chi connectivity index (χ4n) is 1.84. The quantitative estimate of drug-likeness (QED) is 0.788. The third-order valence-electron chi connectivity index (χ3n) is 3.25. The van der Waals surface area contributed by atoms with Gasteiger partial charge >= 0.3 is 0 Å². The third kappa shape index (κ3) is 3.15. The molecule has 0 saturated carbocycles. The van der Waals surface area contributed by atoms with E-state index in [2.05, 4.69) is 25.2 Å². The van der Waals surface area contributed by atoms with Crippen molar-refractivity contribution in [1.82, 2.24) is 5.32 Å². The van der Waals surface area contributed by atoms with Crippen molar-refractivity contribution < 1.29 is 14.2 Å². The highest BCUT2D eigenvalue weighted by molar-refractivity contribution is 5.48. The van der Waals surface area contributed by atoms with E-state index < -0.39 is 0 Å². The molecule has 1 aromatic carbocycles. The second-order valence-corrected chi connectivity index (χ2v) is 5.04. The Morgan fingerprint density at radius 2 is 2.17 bits per heavy atom. The van der Waals surface area contributed by atoms with Crippen LogP contribution in [0.25, 0.3) is 0 Å². The van der Waals surface area contributed by atoms with Crippen molar-refractivity contribution in [3.63, 3.8) is 0 Å². The predicted molar refractivity (Wildman–Crippen MR) is 70.0 cm³/mol. The van der Waals surface area contributed by atoms with Crippen LogP contribution in [0.4, 0.5) is 0 Å². The van der Waals surface area contributed by atoms with Gasteiger partial charge in [0.2, 0.25) is 6.79 Å². The van der Waals surface area contributed by atoms with E-state index >= 15 is 0 Å². The molecule has 100 valence electrons. The zero-order valence-electron chi connectivity index (χ0n) is 11.3. The lowest BCUT2D eigenvalue weighted by Gasteiger charge is -2.22. The maximum atomic E-state index is 5.46. The Morgan fingerprint density at radius 3 is 2.94 bits per heavy atom. The van der Waals surface area contributed by atoms with Crippen LogP contribution >= 0.6 is 0 Å². The van der Waals surface area contributed by atoms with Crippen molar-refractivity contribution in [3.8, 4) is 11.5 Å². The van der Waals surface area contributed by atoms with Gasteiger partial charge in [-0.1, -0.05) is 12.1 Å². The number of benzene rings is 1. The lowest BCUT2D eigenvalue weighted by atomic mass is 10.1. The topological polar surface area (TPSA) is 39.7 Å². The molecule has 1 aliphatic heterocycles. The first kappa shape index (κ1) is 13.2. The Hall–Kier alpha value is -1.26. The summed E-state index contributed by atoms with van der Waals surface area (Å²) in [4.78, 5) is 0. The highest BCUT2D eigenvalue weighted by Crippen LogP contribution is 2.35. The zero-order valence-corrected chi connectivity index (χ0v) is 11.3. The van der Waals surface area contributed by atoms with Crippen molar-refractivity contribution in [2.45, 2.75) is 32.4 Å². The average molecular weight is 251 g/mol. The van der Waals surface area contributed by atoms with E-state index in [1.165, 1.54) is 0 Å². The number of para-hydroxylation sites is 1. The third-order valence-corrected chi connectivity index (χ3v) is 3.25. The number of fused-ring (bicyclic) bond motifs is 1. The van der Waals surface area contributed by atoms with Gasteiger partial charge in [0.05, 0.1) is 5.60 Å². The lowest BCUT2D eigenvalue weighted by molar-refractivity contribution is 0.0158. The molecule has 1 heterocycles. The van der Waals surface area contributed by atoms with Crippen LogP contribution < -0.4 is 14.8 Å². The molecule has 18 heavy (non-hydrogen) atoms. The van der Waals surface area contributed by atoms with Crippen LogP contribution in [0.1, 0.15) is 25.8 Å². The molecule has 1 N–H and O–H groups in total. The first-order valence-corrected chi connectivity index (χ1v) is 6.26. The van der Waals surface area contributed by atoms with E-state index in [-0.39, 0.29) is 5.60 Å². The standard InChI is InChI=1S/C14H21NO3/c1-14(2,16-3)7-8-15-9-11-5-4-6-12-13(11)18-10-17-12/h4-6,15H,7-10H2,1-3H3. The van der Waals surface area contributed by atoms with Gasteiger partial charge in [-0.15, -0.1) is 0 Å². The summed E-state index contributed by atoms with van der Waals surface area (Å²) in [6.07, 6.45) is 0.968. The molecule has 0 atom stereocenters. The van der Waals surface area contributed by atoms with Gasteiger partial charge < -0.3 is 19.5 Å². The lowest BCUT2D eigenvalue weighted by Crippen LogP contribution is -2.28. The van der Waals surface area contributed by atoms with Crippen LogP contribution in [-0.2, 0) is 11.3 Å². The first-order valence-electron chi connectivity index (χ1n) is 6.26. The second-order valence-electron chi connectivity index (χ2n) is 5.04. The minimum Gasteiger partial charge on any atom is -0.454 e. The Bertz CT molecular complexity index is 404. The normalized spacial score (nSPS) is 13.9. The molecule has 0 saturated heterocycles. The van der Waals surface area contributed by atoms with Crippen molar-refractivity contribution in [2.24, 2.45) is 0 Å². The molecule has 0 spiro atoms. The Balaban J connectivity index is 1.83. The molecule has 1 aromatic rings. The number of hydrogen-bond acceptors (Lipinski definition) is 4. The molecule has 0 aliphatic carbocycles. The largest absolute Gasteiger partial charge is 0.454 e. The minimum absolute atomic E-state index is 0.0781. The first-order chi connectivity index (χ1) is 8.62. The highest BCUT2D eigenvalue weighted by atomic mass is 16.7. The molecule has 0 bridgehead atoms. The number of hydrogen-bond donors (Lipinski definition) is 1. The molecular formula is C14H21NO3. The van der Waals surface area contributed by atoms with E-state index in [0.29, 0.717) is 6.79 Å². The van der Waals surface area contributed by atoms with E-state index in [4.69, 9.17) is 14.2 Å². The summed E-state index contributed by atoms with van der Waals surface area (Å²) in [6, 6.07) is 5.98. The Morgan fingerprint density at radius 1 is 1.33 bits per heavy atom. The second kappa shape index (κ2) is 5.59. The predicted octanol–water partition coefficient (Wildman–Crippen LogP) is 2.32. The van der Waals surface area contributed by atoms with Crippen LogP contribution in [0.3, 0.4) is 0 Å². The average Bonchev–Trinajstić information content (AvgIpc) is 2.83. The van der Waals surface area contributed by atoms with Crippen molar-refractivity contribution in [3.05, 3.63) is 23.8 Å². The summed E-state index contributed by atoms with van der Waals surface area (Å²) in [5, 5.41) is 3.41. The van der Waals surface area contributed by atoms with Gasteiger partial charge in [0, 0.05) is 19.2 Å². The van der Waals surface area contributed by atoms with Crippen molar-refractivity contribution >= 4 is 0 Å². The Labute approximate surface area is 108 Å². The molecule has 4 heteroatoms. The van der Waals surface area contributed by atoms with Gasteiger partial charge in [0.15, 0.2) is 11.5 Å². The summed E-state index contributed by atoms with van der Waals surface area (Å²) in [7, 11) is 1.75. The number of nitrogens with one attached hydrogen (secondary N) is 1. The van der Waals surface area contributed by atoms with E-state index in [9.17, 15) is 0 Å². The summed E-state index contributed by atoms with van der Waals surface area (Å²) < 4.78 is 16.2. The minimum atomic E-state index is -0.0781. The van der Waals surface area contributed by atoms with Crippen LogP contribution in [0.5, 0.6) is 11.5 Å². The van der Waals surface area contributed by atoms with Gasteiger partial charge in [0.1, 0.15) is 0 Å². The number of ether oxygens (including phenoxy) is 3. The molecule has 1 aliphatic rings. The summed E-state index contributed by atoms with van der Waals surface area (Å²) in [5.41, 5.74) is 1.06. The van der Waals surface area contributed by atoms with Crippen LogP contribution in [-0.4, -0.2) is 26.0 Å². The highest BCUT2D eigenvalue weighted by Gasteiger charge is 2.18. The van der Waals surface area contributed by atoms with Gasteiger partial charge in [-0.25, -0.2) is 0 Å². The van der Waals surface area contributed by atoms with E-state index in [1.54, 1.807) is 7.11 Å². The van der Waals surface area contributed by atoms with Gasteiger partial charge in [-0.05, 0) is 32.9 Å². The molecule has 0 unspecified atom stereocenters. The molecule has 4 nitrogen and oxygen atoms in total. The fraction of sp³-hybridized carbons (Fsp3) is 0.571. The smallest absolute Gasteiger partial charge is 0.231 e. The summed E-state index contributed by atoms with van der Waals surface area (Å²) in [6.45, 7) is 6.19. The fourth-order valence-corrected chi connectivity index (χ4v) is 1.84. The van der Waals surface area contributed by atoms with E-state index in [0.717, 1.165) is 36.6 Å². The van der Waals surface area contributed by atoms with Crippen LogP contribution in [0.15, 0.2) is 18.2 Å². The molecule has 0 fully saturated rings. The number of rotatable bonds is 6. The van der Waals surface area contributed by atoms with Crippen LogP contribution in [0.2, 0.25) is 0 Å². The maximum absolute atomic E-state index is 5.46. The van der Waals surface area contributed by atoms with Gasteiger partial charge in [-0.2, -0.15) is 0 Å². The van der Waals surface area contributed by atoms with Crippen molar-refractivity contribution in [2.75, 3.05) is 20.4 Å². The number of methoxy groups -OCH3 is 1. The molecule has 0 aromatic heterocycles. The molecule has 2 rings (SSSR count). The zero-order chi connectivity index (χ0) is 13.0. The van der Waals surface area contributed by atoms with Crippen LogP contribution in [0, 0.1) is 0 Å². The monoisotopic (exact) mass is 251 g/mol. The van der Waals surface area contributed by atoms with Crippen molar-refractivity contribution in [1.29, 1.82) is 0 Å². The molecule has 0 amide bonds. The van der Waals surface area contributed by atoms with Gasteiger partial charge in [0.25, 0.3) is 0 Å².